The Hall–Kier alpha value is -3.26. The highest BCUT2D eigenvalue weighted by Gasteiger charge is 2.26. The van der Waals surface area contributed by atoms with E-state index in [1.54, 1.807) is 12.1 Å². The lowest BCUT2D eigenvalue weighted by Crippen LogP contribution is -2.19. The van der Waals surface area contributed by atoms with Crippen molar-refractivity contribution in [2.45, 2.75) is 6.92 Å². The molecule has 3 rings (SSSR count). The normalized spacial score (nSPS) is 16.3. The average Bonchev–Trinajstić information content (AvgIpc) is 3.01. The van der Waals surface area contributed by atoms with Crippen LogP contribution in [0.2, 0.25) is 0 Å². The van der Waals surface area contributed by atoms with E-state index in [2.05, 4.69) is 10.3 Å². The van der Waals surface area contributed by atoms with E-state index in [1.807, 2.05) is 31.2 Å². The molecule has 0 bridgehead atoms. The van der Waals surface area contributed by atoms with E-state index >= 15 is 0 Å². The van der Waals surface area contributed by atoms with Gasteiger partial charge in [-0.05, 0) is 48.5 Å². The van der Waals surface area contributed by atoms with Crippen molar-refractivity contribution in [1.82, 2.24) is 5.32 Å². The van der Waals surface area contributed by atoms with Gasteiger partial charge in [-0.15, -0.1) is 0 Å². The van der Waals surface area contributed by atoms with Gasteiger partial charge < -0.3 is 19.9 Å². The molecule has 1 fully saturated rings. The second-order valence-electron chi connectivity index (χ2n) is 5.89. The van der Waals surface area contributed by atoms with Crippen LogP contribution in [0.5, 0.6) is 11.5 Å². The molecule has 1 saturated heterocycles. The topological polar surface area (TPSA) is 97.2 Å². The summed E-state index contributed by atoms with van der Waals surface area (Å²) in [5.74, 6) is -1.13. The van der Waals surface area contributed by atoms with Crippen LogP contribution in [0, 0.1) is 6.92 Å². The van der Waals surface area contributed by atoms with Crippen molar-refractivity contribution in [3.05, 3.63) is 58.0 Å². The molecule has 0 aromatic heterocycles. The van der Waals surface area contributed by atoms with Gasteiger partial charge in [0.1, 0.15) is 5.56 Å². The third-order valence-electron chi connectivity index (χ3n) is 3.99. The van der Waals surface area contributed by atoms with E-state index in [4.69, 9.17) is 9.47 Å². The van der Waals surface area contributed by atoms with Crippen LogP contribution in [0.1, 0.15) is 21.5 Å². The SMILES string of the molecule is COc1ccc(/C=C2/SC(=Nc3ccc(C)cc3)NC2=O)c(C(=O)O)c1OC. The highest BCUT2D eigenvalue weighted by Crippen LogP contribution is 2.36. The van der Waals surface area contributed by atoms with Crippen molar-refractivity contribution in [3.63, 3.8) is 0 Å². The number of hydrogen-bond donors (Lipinski definition) is 2. The number of carboxylic acid groups (broad SMARTS) is 1. The number of carbonyl (C=O) groups excluding carboxylic acids is 1. The molecule has 2 N–H and O–H groups in total. The number of benzene rings is 2. The van der Waals surface area contributed by atoms with E-state index in [9.17, 15) is 14.7 Å². The third kappa shape index (κ3) is 4.01. The van der Waals surface area contributed by atoms with Crippen LogP contribution in [-0.2, 0) is 4.79 Å². The lowest BCUT2D eigenvalue weighted by molar-refractivity contribution is -0.115. The van der Waals surface area contributed by atoms with Gasteiger partial charge in [-0.25, -0.2) is 9.79 Å². The first-order valence-electron chi connectivity index (χ1n) is 8.27. The van der Waals surface area contributed by atoms with Crippen LogP contribution in [0.3, 0.4) is 0 Å². The molecule has 0 atom stereocenters. The fraction of sp³-hybridized carbons (Fsp3) is 0.150. The maximum Gasteiger partial charge on any atom is 0.340 e. The van der Waals surface area contributed by atoms with Gasteiger partial charge in [-0.3, -0.25) is 4.79 Å². The van der Waals surface area contributed by atoms with Crippen molar-refractivity contribution in [2.75, 3.05) is 14.2 Å². The molecule has 7 nitrogen and oxygen atoms in total. The number of thioether (sulfide) groups is 1. The summed E-state index contributed by atoms with van der Waals surface area (Å²) in [5, 5.41) is 12.7. The van der Waals surface area contributed by atoms with E-state index in [1.165, 1.54) is 20.3 Å². The number of hydrogen-bond acceptors (Lipinski definition) is 6. The Kier molecular flexibility index (Phi) is 5.70. The van der Waals surface area contributed by atoms with Gasteiger partial charge in [-0.2, -0.15) is 0 Å². The van der Waals surface area contributed by atoms with Crippen molar-refractivity contribution < 1.29 is 24.2 Å². The summed E-state index contributed by atoms with van der Waals surface area (Å²) in [6.07, 6.45) is 1.50. The smallest absolute Gasteiger partial charge is 0.340 e. The van der Waals surface area contributed by atoms with Crippen LogP contribution in [0.4, 0.5) is 5.69 Å². The molecule has 0 saturated carbocycles. The Morgan fingerprint density at radius 2 is 1.86 bits per heavy atom. The minimum absolute atomic E-state index is 0.0772. The summed E-state index contributed by atoms with van der Waals surface area (Å²) in [5.41, 5.74) is 2.08. The number of carboxylic acids is 1. The van der Waals surface area contributed by atoms with Gasteiger partial charge in [-0.1, -0.05) is 23.8 Å². The number of aryl methyl sites for hydroxylation is 1. The monoisotopic (exact) mass is 398 g/mol. The predicted octanol–water partition coefficient (Wildman–Crippen LogP) is 3.60. The number of amidine groups is 1. The highest BCUT2D eigenvalue weighted by molar-refractivity contribution is 8.18. The summed E-state index contributed by atoms with van der Waals surface area (Å²) < 4.78 is 10.4. The van der Waals surface area contributed by atoms with E-state index < -0.39 is 5.97 Å². The second-order valence-corrected chi connectivity index (χ2v) is 6.92. The number of amides is 1. The summed E-state index contributed by atoms with van der Waals surface area (Å²) in [6.45, 7) is 1.98. The fourth-order valence-electron chi connectivity index (χ4n) is 2.64. The molecule has 8 heteroatoms. The van der Waals surface area contributed by atoms with Crippen LogP contribution < -0.4 is 14.8 Å². The van der Waals surface area contributed by atoms with E-state index in [0.29, 0.717) is 27.1 Å². The van der Waals surface area contributed by atoms with Crippen LogP contribution in [0.15, 0.2) is 46.3 Å². The van der Waals surface area contributed by atoms with Gasteiger partial charge in [0.25, 0.3) is 5.91 Å². The Morgan fingerprint density at radius 1 is 1.14 bits per heavy atom. The first-order chi connectivity index (χ1) is 13.4. The summed E-state index contributed by atoms with van der Waals surface area (Å²) in [7, 11) is 2.79. The Bertz CT molecular complexity index is 996. The van der Waals surface area contributed by atoms with Crippen LogP contribution >= 0.6 is 11.8 Å². The molecule has 0 unspecified atom stereocenters. The number of rotatable bonds is 5. The largest absolute Gasteiger partial charge is 0.493 e. The predicted molar refractivity (Wildman–Crippen MR) is 108 cm³/mol. The van der Waals surface area contributed by atoms with Gasteiger partial charge in [0.15, 0.2) is 16.7 Å². The van der Waals surface area contributed by atoms with E-state index in [-0.39, 0.29) is 17.2 Å². The molecular weight excluding hydrogens is 380 g/mol. The Labute approximate surface area is 166 Å². The minimum atomic E-state index is -1.18. The molecule has 2 aromatic rings. The zero-order chi connectivity index (χ0) is 20.3. The van der Waals surface area contributed by atoms with Crippen LogP contribution in [-0.4, -0.2) is 36.4 Å². The number of methoxy groups -OCH3 is 2. The van der Waals surface area contributed by atoms with Crippen molar-refractivity contribution in [3.8, 4) is 11.5 Å². The number of ether oxygens (including phenoxy) is 2. The number of aliphatic imine (C=N–C) groups is 1. The maximum atomic E-state index is 12.3. The number of nitrogens with zero attached hydrogens (tertiary/aromatic N) is 1. The first kappa shape index (κ1) is 19.5. The quantitative estimate of drug-likeness (QED) is 0.747. The second kappa shape index (κ2) is 8.18. The minimum Gasteiger partial charge on any atom is -0.493 e. The molecule has 1 aliphatic rings. The van der Waals surface area contributed by atoms with Gasteiger partial charge in [0, 0.05) is 0 Å². The molecule has 0 spiro atoms. The number of nitrogens with one attached hydrogen (secondary N) is 1. The molecule has 1 heterocycles. The molecular formula is C20H18N2O5S. The van der Waals surface area contributed by atoms with Crippen molar-refractivity contribution in [2.24, 2.45) is 4.99 Å². The van der Waals surface area contributed by atoms with Crippen molar-refractivity contribution >= 4 is 40.6 Å². The van der Waals surface area contributed by atoms with E-state index in [0.717, 1.165) is 17.3 Å². The molecule has 144 valence electrons. The fourth-order valence-corrected chi connectivity index (χ4v) is 3.47. The molecule has 0 radical (unpaired) electrons. The van der Waals surface area contributed by atoms with Gasteiger partial charge in [0.05, 0.1) is 24.8 Å². The van der Waals surface area contributed by atoms with Gasteiger partial charge >= 0.3 is 5.97 Å². The number of carbonyl (C=O) groups is 2. The standard InChI is InChI=1S/C20H18N2O5S/c1-11-4-7-13(8-5-11)21-20-22-18(23)15(28-20)10-12-6-9-14(26-2)17(27-3)16(12)19(24)25/h4-10H,1-3H3,(H,24,25)(H,21,22,23)/b15-10+. The summed E-state index contributed by atoms with van der Waals surface area (Å²) in [4.78, 5) is 28.8. The average molecular weight is 398 g/mol. The van der Waals surface area contributed by atoms with Crippen molar-refractivity contribution in [1.29, 1.82) is 0 Å². The summed E-state index contributed by atoms with van der Waals surface area (Å²) >= 11 is 1.14. The first-order valence-corrected chi connectivity index (χ1v) is 9.09. The van der Waals surface area contributed by atoms with Crippen LogP contribution in [0.25, 0.3) is 6.08 Å². The summed E-state index contributed by atoms with van der Waals surface area (Å²) in [6, 6.07) is 10.7. The molecule has 2 aromatic carbocycles. The molecule has 28 heavy (non-hydrogen) atoms. The zero-order valence-corrected chi connectivity index (χ0v) is 16.3. The Morgan fingerprint density at radius 3 is 2.46 bits per heavy atom. The lowest BCUT2D eigenvalue weighted by atomic mass is 10.0. The molecule has 1 aliphatic heterocycles. The maximum absolute atomic E-state index is 12.3. The Balaban J connectivity index is 1.97. The third-order valence-corrected chi connectivity index (χ3v) is 4.90. The molecule has 1 amide bonds. The lowest BCUT2D eigenvalue weighted by Gasteiger charge is -2.12. The highest BCUT2D eigenvalue weighted by atomic mass is 32.2. The zero-order valence-electron chi connectivity index (χ0n) is 15.5. The number of aromatic carboxylic acids is 1. The van der Waals surface area contributed by atoms with Gasteiger partial charge in [0.2, 0.25) is 0 Å². The molecule has 0 aliphatic carbocycles.